The number of halogens is 1. The van der Waals surface area contributed by atoms with E-state index in [2.05, 4.69) is 70.9 Å². The average molecular weight is 470 g/mol. The Bertz CT molecular complexity index is 736. The summed E-state index contributed by atoms with van der Waals surface area (Å²) in [6.07, 6.45) is 0. The predicted molar refractivity (Wildman–Crippen MR) is 119 cm³/mol. The molecule has 0 bridgehead atoms. The first-order chi connectivity index (χ1) is 11.9. The molecular formula is C19H31IN6. The van der Waals surface area contributed by atoms with Crippen LogP contribution in [0.2, 0.25) is 0 Å². The topological polar surface area (TPSA) is 57.5 Å². The average Bonchev–Trinajstić information content (AvgIpc) is 2.81. The van der Waals surface area contributed by atoms with Crippen LogP contribution in [0.5, 0.6) is 0 Å². The SMILES string of the molecule is CN=C(NCc1ccccc1CN(C)C)NCc1c(C)nn(C)c1C.I. The molecule has 0 saturated carbocycles. The molecule has 2 rings (SSSR count). The lowest BCUT2D eigenvalue weighted by atomic mass is 10.1. The Morgan fingerprint density at radius 2 is 1.73 bits per heavy atom. The fourth-order valence-electron chi connectivity index (χ4n) is 2.87. The molecule has 1 aromatic carbocycles. The van der Waals surface area contributed by atoms with E-state index in [0.29, 0.717) is 6.54 Å². The molecule has 2 N–H and O–H groups in total. The van der Waals surface area contributed by atoms with Gasteiger partial charge in [-0.05, 0) is 39.1 Å². The summed E-state index contributed by atoms with van der Waals surface area (Å²) in [6.45, 7) is 6.51. The maximum absolute atomic E-state index is 4.46. The highest BCUT2D eigenvalue weighted by Crippen LogP contribution is 2.12. The molecule has 0 unspecified atom stereocenters. The number of hydrogen-bond donors (Lipinski definition) is 2. The smallest absolute Gasteiger partial charge is 0.191 e. The molecule has 0 radical (unpaired) electrons. The highest BCUT2D eigenvalue weighted by molar-refractivity contribution is 14.0. The Morgan fingerprint density at radius 3 is 2.27 bits per heavy atom. The number of rotatable bonds is 6. The second kappa shape index (κ2) is 10.5. The molecule has 6 nitrogen and oxygen atoms in total. The third-order valence-electron chi connectivity index (χ3n) is 4.37. The van der Waals surface area contributed by atoms with Crippen molar-refractivity contribution in [3.05, 3.63) is 52.3 Å². The summed E-state index contributed by atoms with van der Waals surface area (Å²) in [5.41, 5.74) is 6.07. The van der Waals surface area contributed by atoms with E-state index in [1.807, 2.05) is 18.7 Å². The van der Waals surface area contributed by atoms with Gasteiger partial charge < -0.3 is 15.5 Å². The van der Waals surface area contributed by atoms with E-state index in [9.17, 15) is 0 Å². The minimum Gasteiger partial charge on any atom is -0.352 e. The summed E-state index contributed by atoms with van der Waals surface area (Å²) in [7, 11) is 7.94. The van der Waals surface area contributed by atoms with Gasteiger partial charge in [-0.15, -0.1) is 24.0 Å². The molecule has 26 heavy (non-hydrogen) atoms. The highest BCUT2D eigenvalue weighted by atomic mass is 127. The molecule has 0 spiro atoms. The van der Waals surface area contributed by atoms with Crippen LogP contribution in [0.1, 0.15) is 28.1 Å². The van der Waals surface area contributed by atoms with Gasteiger partial charge >= 0.3 is 0 Å². The molecule has 0 fully saturated rings. The summed E-state index contributed by atoms with van der Waals surface area (Å²) in [4.78, 5) is 6.51. The number of nitrogens with one attached hydrogen (secondary N) is 2. The third kappa shape index (κ3) is 5.98. The van der Waals surface area contributed by atoms with Crippen LogP contribution in [-0.4, -0.2) is 41.8 Å². The number of guanidine groups is 1. The number of aliphatic imine (C=N–C) groups is 1. The first-order valence-corrected chi connectivity index (χ1v) is 8.57. The minimum absolute atomic E-state index is 0. The van der Waals surface area contributed by atoms with Gasteiger partial charge in [0.25, 0.3) is 0 Å². The lowest BCUT2D eigenvalue weighted by Gasteiger charge is -2.16. The van der Waals surface area contributed by atoms with Gasteiger partial charge in [0, 0.05) is 45.0 Å². The molecule has 0 amide bonds. The van der Waals surface area contributed by atoms with E-state index in [-0.39, 0.29) is 24.0 Å². The Morgan fingerprint density at radius 1 is 1.12 bits per heavy atom. The summed E-state index contributed by atoms with van der Waals surface area (Å²) < 4.78 is 1.92. The van der Waals surface area contributed by atoms with Crippen molar-refractivity contribution >= 4 is 29.9 Å². The predicted octanol–water partition coefficient (Wildman–Crippen LogP) is 2.58. The van der Waals surface area contributed by atoms with Crippen molar-refractivity contribution in [2.45, 2.75) is 33.5 Å². The van der Waals surface area contributed by atoms with Gasteiger partial charge in [0.2, 0.25) is 0 Å². The van der Waals surface area contributed by atoms with Crippen molar-refractivity contribution in [3.63, 3.8) is 0 Å². The molecular weight excluding hydrogens is 439 g/mol. The van der Waals surface area contributed by atoms with Gasteiger partial charge in [-0.1, -0.05) is 24.3 Å². The number of aromatic nitrogens is 2. The van der Waals surface area contributed by atoms with Crippen molar-refractivity contribution in [3.8, 4) is 0 Å². The number of nitrogens with zero attached hydrogens (tertiary/aromatic N) is 4. The van der Waals surface area contributed by atoms with Crippen LogP contribution in [0.3, 0.4) is 0 Å². The van der Waals surface area contributed by atoms with Crippen molar-refractivity contribution < 1.29 is 0 Å². The van der Waals surface area contributed by atoms with E-state index >= 15 is 0 Å². The normalized spacial score (nSPS) is 11.4. The lowest BCUT2D eigenvalue weighted by Crippen LogP contribution is -2.36. The molecule has 0 aliphatic heterocycles. The lowest BCUT2D eigenvalue weighted by molar-refractivity contribution is 0.400. The van der Waals surface area contributed by atoms with E-state index < -0.39 is 0 Å². The van der Waals surface area contributed by atoms with Crippen molar-refractivity contribution in [2.75, 3.05) is 21.1 Å². The van der Waals surface area contributed by atoms with Gasteiger partial charge in [0.15, 0.2) is 5.96 Å². The minimum atomic E-state index is 0. The molecule has 2 aromatic rings. The van der Waals surface area contributed by atoms with Crippen molar-refractivity contribution in [2.24, 2.45) is 12.0 Å². The third-order valence-corrected chi connectivity index (χ3v) is 4.37. The van der Waals surface area contributed by atoms with Crippen LogP contribution < -0.4 is 10.6 Å². The molecule has 0 aliphatic carbocycles. The summed E-state index contributed by atoms with van der Waals surface area (Å²) in [5.74, 6) is 0.794. The van der Waals surface area contributed by atoms with Gasteiger partial charge in [-0.3, -0.25) is 9.67 Å². The first kappa shape index (κ1) is 22.4. The van der Waals surface area contributed by atoms with E-state index in [0.717, 1.165) is 24.7 Å². The van der Waals surface area contributed by atoms with Gasteiger partial charge in [0.1, 0.15) is 0 Å². The van der Waals surface area contributed by atoms with Crippen molar-refractivity contribution in [1.29, 1.82) is 0 Å². The van der Waals surface area contributed by atoms with E-state index in [1.165, 1.54) is 22.4 Å². The molecule has 7 heteroatoms. The fraction of sp³-hybridized carbons (Fsp3) is 0.474. The molecule has 144 valence electrons. The zero-order valence-electron chi connectivity index (χ0n) is 16.6. The van der Waals surface area contributed by atoms with Gasteiger partial charge in [-0.2, -0.15) is 5.10 Å². The van der Waals surface area contributed by atoms with E-state index in [1.54, 1.807) is 7.05 Å². The van der Waals surface area contributed by atoms with Crippen LogP contribution in [0.25, 0.3) is 0 Å². The number of aryl methyl sites for hydroxylation is 2. The largest absolute Gasteiger partial charge is 0.352 e. The maximum Gasteiger partial charge on any atom is 0.191 e. The molecule has 1 heterocycles. The number of benzene rings is 1. The van der Waals surface area contributed by atoms with Gasteiger partial charge in [0.05, 0.1) is 5.69 Å². The van der Waals surface area contributed by atoms with Crippen LogP contribution in [0.4, 0.5) is 0 Å². The molecule has 0 saturated heterocycles. The molecule has 1 aromatic heterocycles. The Balaban J connectivity index is 0.00000338. The fourth-order valence-corrected chi connectivity index (χ4v) is 2.87. The van der Waals surface area contributed by atoms with Crippen LogP contribution in [0, 0.1) is 13.8 Å². The Kier molecular flexibility index (Phi) is 9.07. The maximum atomic E-state index is 4.46. The van der Waals surface area contributed by atoms with Crippen LogP contribution >= 0.6 is 24.0 Å². The second-order valence-corrected chi connectivity index (χ2v) is 6.56. The first-order valence-electron chi connectivity index (χ1n) is 8.57. The zero-order chi connectivity index (χ0) is 18.4. The Labute approximate surface area is 174 Å². The van der Waals surface area contributed by atoms with Gasteiger partial charge in [-0.25, -0.2) is 0 Å². The highest BCUT2D eigenvalue weighted by Gasteiger charge is 2.10. The second-order valence-electron chi connectivity index (χ2n) is 6.56. The van der Waals surface area contributed by atoms with Crippen LogP contribution in [-0.2, 0) is 26.7 Å². The van der Waals surface area contributed by atoms with E-state index in [4.69, 9.17) is 0 Å². The summed E-state index contributed by atoms with van der Waals surface area (Å²) in [5, 5.41) is 11.3. The zero-order valence-corrected chi connectivity index (χ0v) is 19.0. The number of hydrogen-bond acceptors (Lipinski definition) is 3. The summed E-state index contributed by atoms with van der Waals surface area (Å²) in [6, 6.07) is 8.50. The summed E-state index contributed by atoms with van der Waals surface area (Å²) >= 11 is 0. The van der Waals surface area contributed by atoms with Crippen molar-refractivity contribution in [1.82, 2.24) is 25.3 Å². The standard InChI is InChI=1S/C19H30N6.HI/c1-14-18(15(2)25(6)23-14)12-22-19(20-3)21-11-16-9-7-8-10-17(16)13-24(4)5;/h7-10H,11-13H2,1-6H3,(H2,20,21,22);1H. The van der Waals surface area contributed by atoms with Crippen LogP contribution in [0.15, 0.2) is 29.3 Å². The molecule has 0 atom stereocenters. The quantitative estimate of drug-likeness (QED) is 0.387. The molecule has 0 aliphatic rings. The monoisotopic (exact) mass is 470 g/mol. The Hall–Kier alpha value is -1.61.